The first-order valence-electron chi connectivity index (χ1n) is 3.68. The quantitative estimate of drug-likeness (QED) is 0.572. The predicted octanol–water partition coefficient (Wildman–Crippen LogP) is 0.962. The van der Waals surface area contributed by atoms with Crippen molar-refractivity contribution < 1.29 is 9.85 Å². The Kier molecular flexibility index (Phi) is 2.73. The fourth-order valence-corrected chi connectivity index (χ4v) is 1.03. The monoisotopic (exact) mass is 197 g/mol. The van der Waals surface area contributed by atoms with Gasteiger partial charge in [0.15, 0.2) is 0 Å². The number of benzene rings is 1. The van der Waals surface area contributed by atoms with E-state index in [0.29, 0.717) is 0 Å². The average Bonchev–Trinajstić information content (AvgIpc) is 2.16. The number of nitro groups is 2. The predicted molar refractivity (Wildman–Crippen MR) is 47.6 cm³/mol. The molecule has 0 fully saturated rings. The summed E-state index contributed by atoms with van der Waals surface area (Å²) in [6, 6.07) is 3.27. The molecule has 0 aromatic heterocycles. The molecule has 0 spiro atoms. The number of nitrogens with two attached hydrogens (primary N) is 1. The van der Waals surface area contributed by atoms with Gasteiger partial charge in [-0.15, -0.1) is 0 Å². The normalized spacial score (nSPS) is 9.79. The third-order valence-corrected chi connectivity index (χ3v) is 1.69. The lowest BCUT2D eigenvalue weighted by molar-refractivity contribution is -0.389. The van der Waals surface area contributed by atoms with Crippen LogP contribution in [0.4, 0.5) is 11.4 Å². The molecule has 0 radical (unpaired) electrons. The SMILES string of the molecule is NCc1cc([N+](=O)[O-])ccc1[N+](=O)[O-]. The molecule has 0 amide bonds. The van der Waals surface area contributed by atoms with E-state index in [9.17, 15) is 20.2 Å². The van der Waals surface area contributed by atoms with Gasteiger partial charge < -0.3 is 5.73 Å². The molecule has 7 nitrogen and oxygen atoms in total. The Bertz CT molecular complexity index is 391. The lowest BCUT2D eigenvalue weighted by Gasteiger charge is -1.98. The fraction of sp³-hybridized carbons (Fsp3) is 0.143. The maximum Gasteiger partial charge on any atom is 0.274 e. The van der Waals surface area contributed by atoms with E-state index >= 15 is 0 Å². The Morgan fingerprint density at radius 1 is 1.21 bits per heavy atom. The number of non-ortho nitro benzene ring substituents is 1. The zero-order chi connectivity index (χ0) is 10.7. The minimum Gasteiger partial charge on any atom is -0.326 e. The number of nitrogens with zero attached hydrogens (tertiary/aromatic N) is 2. The van der Waals surface area contributed by atoms with E-state index in [1.165, 1.54) is 0 Å². The van der Waals surface area contributed by atoms with Crippen molar-refractivity contribution in [3.05, 3.63) is 44.0 Å². The molecule has 0 aliphatic rings. The summed E-state index contributed by atoms with van der Waals surface area (Å²) < 4.78 is 0. The molecule has 1 rings (SSSR count). The van der Waals surface area contributed by atoms with Crippen molar-refractivity contribution in [2.75, 3.05) is 0 Å². The van der Waals surface area contributed by atoms with Gasteiger partial charge in [-0.05, 0) is 0 Å². The molecule has 0 saturated heterocycles. The average molecular weight is 197 g/mol. The van der Waals surface area contributed by atoms with Crippen LogP contribution in [0.5, 0.6) is 0 Å². The first-order chi connectivity index (χ1) is 6.56. The summed E-state index contributed by atoms with van der Waals surface area (Å²) in [6.07, 6.45) is 0. The minimum atomic E-state index is -0.622. The lowest BCUT2D eigenvalue weighted by atomic mass is 10.1. The molecule has 2 N–H and O–H groups in total. The molecule has 0 aliphatic heterocycles. The highest BCUT2D eigenvalue weighted by Gasteiger charge is 2.16. The van der Waals surface area contributed by atoms with E-state index in [0.717, 1.165) is 18.2 Å². The van der Waals surface area contributed by atoms with Crippen molar-refractivity contribution in [3.8, 4) is 0 Å². The Morgan fingerprint density at radius 3 is 2.29 bits per heavy atom. The van der Waals surface area contributed by atoms with Crippen LogP contribution in [-0.2, 0) is 6.54 Å². The summed E-state index contributed by atoms with van der Waals surface area (Å²) in [7, 11) is 0. The van der Waals surface area contributed by atoms with Crippen LogP contribution < -0.4 is 5.73 Å². The van der Waals surface area contributed by atoms with Crippen LogP contribution in [0.3, 0.4) is 0 Å². The second-order valence-corrected chi connectivity index (χ2v) is 2.53. The van der Waals surface area contributed by atoms with Gasteiger partial charge >= 0.3 is 0 Å². The maximum absolute atomic E-state index is 10.4. The molecular weight excluding hydrogens is 190 g/mol. The van der Waals surface area contributed by atoms with Crippen LogP contribution in [0, 0.1) is 20.2 Å². The molecule has 0 aliphatic carbocycles. The smallest absolute Gasteiger partial charge is 0.274 e. The Labute approximate surface area is 78.4 Å². The highest BCUT2D eigenvalue weighted by Crippen LogP contribution is 2.23. The summed E-state index contributed by atoms with van der Waals surface area (Å²) in [4.78, 5) is 19.5. The van der Waals surface area contributed by atoms with E-state index < -0.39 is 9.85 Å². The van der Waals surface area contributed by atoms with Gasteiger partial charge in [0.1, 0.15) is 0 Å². The molecule has 14 heavy (non-hydrogen) atoms. The number of nitro benzene ring substituents is 2. The second kappa shape index (κ2) is 3.79. The van der Waals surface area contributed by atoms with Crippen molar-refractivity contribution in [2.45, 2.75) is 6.54 Å². The van der Waals surface area contributed by atoms with Gasteiger partial charge in [-0.3, -0.25) is 20.2 Å². The van der Waals surface area contributed by atoms with Gasteiger partial charge in [0.25, 0.3) is 11.4 Å². The second-order valence-electron chi connectivity index (χ2n) is 2.53. The van der Waals surface area contributed by atoms with Crippen molar-refractivity contribution in [2.24, 2.45) is 5.73 Å². The van der Waals surface area contributed by atoms with Crippen molar-refractivity contribution in [1.82, 2.24) is 0 Å². The van der Waals surface area contributed by atoms with E-state index in [-0.39, 0.29) is 23.5 Å². The van der Waals surface area contributed by atoms with Crippen LogP contribution in [0.2, 0.25) is 0 Å². The number of rotatable bonds is 3. The molecule has 74 valence electrons. The Morgan fingerprint density at radius 2 is 1.86 bits per heavy atom. The highest BCUT2D eigenvalue weighted by molar-refractivity contribution is 5.47. The first-order valence-corrected chi connectivity index (χ1v) is 3.68. The summed E-state index contributed by atoms with van der Waals surface area (Å²) in [6.45, 7) is -0.0992. The van der Waals surface area contributed by atoms with Gasteiger partial charge in [0.2, 0.25) is 0 Å². The van der Waals surface area contributed by atoms with Crippen molar-refractivity contribution in [1.29, 1.82) is 0 Å². The molecular formula is C7H7N3O4. The standard InChI is InChI=1S/C7H7N3O4/c8-4-5-3-6(9(11)12)1-2-7(5)10(13)14/h1-3H,4,8H2. The van der Waals surface area contributed by atoms with E-state index in [1.807, 2.05) is 0 Å². The van der Waals surface area contributed by atoms with E-state index in [4.69, 9.17) is 5.73 Å². The summed E-state index contributed by atoms with van der Waals surface area (Å²) >= 11 is 0. The highest BCUT2D eigenvalue weighted by atomic mass is 16.6. The molecule has 1 aromatic rings. The van der Waals surface area contributed by atoms with Gasteiger partial charge in [0, 0.05) is 24.7 Å². The lowest BCUT2D eigenvalue weighted by Crippen LogP contribution is -2.02. The van der Waals surface area contributed by atoms with Gasteiger partial charge in [-0.25, -0.2) is 0 Å². The van der Waals surface area contributed by atoms with Crippen LogP contribution in [0.1, 0.15) is 5.56 Å². The van der Waals surface area contributed by atoms with Gasteiger partial charge in [0.05, 0.1) is 15.4 Å². The number of hydrogen-bond acceptors (Lipinski definition) is 5. The van der Waals surface area contributed by atoms with Crippen LogP contribution >= 0.6 is 0 Å². The molecule has 0 unspecified atom stereocenters. The summed E-state index contributed by atoms with van der Waals surface area (Å²) in [5, 5.41) is 20.8. The zero-order valence-corrected chi connectivity index (χ0v) is 7.04. The third kappa shape index (κ3) is 1.83. The van der Waals surface area contributed by atoms with Crippen LogP contribution in [0.15, 0.2) is 18.2 Å². The maximum atomic E-state index is 10.4. The first kappa shape index (κ1) is 10.1. The molecule has 0 bridgehead atoms. The number of hydrogen-bond donors (Lipinski definition) is 1. The van der Waals surface area contributed by atoms with Crippen LogP contribution in [-0.4, -0.2) is 9.85 Å². The zero-order valence-electron chi connectivity index (χ0n) is 7.04. The third-order valence-electron chi connectivity index (χ3n) is 1.69. The topological polar surface area (TPSA) is 112 Å². The fourth-order valence-electron chi connectivity index (χ4n) is 1.03. The Hall–Kier alpha value is -2.02. The molecule has 7 heteroatoms. The van der Waals surface area contributed by atoms with Crippen molar-refractivity contribution >= 4 is 11.4 Å². The molecule has 0 heterocycles. The molecule has 1 aromatic carbocycles. The molecule has 0 saturated carbocycles. The Balaban J connectivity index is 3.25. The largest absolute Gasteiger partial charge is 0.326 e. The van der Waals surface area contributed by atoms with Crippen molar-refractivity contribution in [3.63, 3.8) is 0 Å². The minimum absolute atomic E-state index is 0.0992. The van der Waals surface area contributed by atoms with E-state index in [1.54, 1.807) is 0 Å². The summed E-state index contributed by atoms with van der Waals surface area (Å²) in [5.74, 6) is 0. The molecule has 0 atom stereocenters. The van der Waals surface area contributed by atoms with Gasteiger partial charge in [-0.1, -0.05) is 0 Å². The van der Waals surface area contributed by atoms with Crippen LogP contribution in [0.25, 0.3) is 0 Å². The summed E-state index contributed by atoms with van der Waals surface area (Å²) in [5.41, 5.74) is 4.99. The van der Waals surface area contributed by atoms with E-state index in [2.05, 4.69) is 0 Å². The van der Waals surface area contributed by atoms with Gasteiger partial charge in [-0.2, -0.15) is 0 Å².